The van der Waals surface area contributed by atoms with Gasteiger partial charge >= 0.3 is 7.60 Å². The van der Waals surface area contributed by atoms with E-state index < -0.39 is 7.60 Å². The Balaban J connectivity index is 0. The van der Waals surface area contributed by atoms with Gasteiger partial charge in [0.2, 0.25) is 0 Å². The van der Waals surface area contributed by atoms with E-state index in [9.17, 15) is 4.57 Å². The zero-order valence-electron chi connectivity index (χ0n) is 5.31. The lowest BCUT2D eigenvalue weighted by molar-refractivity contribution is 0.388. The molecule has 0 unspecified atom stereocenters. The Bertz CT molecular complexity index is 282. The summed E-state index contributed by atoms with van der Waals surface area (Å²) in [7, 11) is -3.98. The zero-order valence-corrected chi connectivity index (χ0v) is 7.02. The van der Waals surface area contributed by atoms with Crippen molar-refractivity contribution < 1.29 is 17.2 Å². The summed E-state index contributed by atoms with van der Waals surface area (Å²) in [6.45, 7) is 1.81. The van der Waals surface area contributed by atoms with Crippen molar-refractivity contribution in [3.8, 4) is 0 Å². The van der Waals surface area contributed by atoms with Crippen molar-refractivity contribution in [1.29, 1.82) is 0 Å². The molecule has 0 spiro atoms. The predicted molar refractivity (Wildman–Crippen MR) is 45.0 cm³/mol. The highest BCUT2D eigenvalue weighted by molar-refractivity contribution is 7.67. The van der Waals surface area contributed by atoms with Crippen LogP contribution >= 0.6 is 18.9 Å². The molecule has 0 saturated carbocycles. The second-order valence-electron chi connectivity index (χ2n) is 1.93. The van der Waals surface area contributed by atoms with E-state index in [4.69, 9.17) is 9.79 Å². The molecule has 1 aromatic heterocycles. The fourth-order valence-corrected chi connectivity index (χ4v) is 2.36. The van der Waals surface area contributed by atoms with Crippen LogP contribution < -0.4 is 4.62 Å². The van der Waals surface area contributed by atoms with Gasteiger partial charge in [-0.2, -0.15) is 0 Å². The molecule has 0 bridgehead atoms. The van der Waals surface area contributed by atoms with Crippen LogP contribution in [0.2, 0.25) is 0 Å². The Morgan fingerprint density at radius 3 is 2.40 bits per heavy atom. The first-order chi connectivity index (χ1) is 4.50. The van der Waals surface area contributed by atoms with Gasteiger partial charge in [-0.3, -0.25) is 4.57 Å². The van der Waals surface area contributed by atoms with E-state index in [1.165, 1.54) is 6.07 Å². The van der Waals surface area contributed by atoms with Gasteiger partial charge in [0, 0.05) is 7.73 Å². The highest BCUT2D eigenvalue weighted by Crippen LogP contribution is 2.35. The van der Waals surface area contributed by atoms with Gasteiger partial charge in [-0.15, -0.1) is 11.3 Å². The summed E-state index contributed by atoms with van der Waals surface area (Å²) < 4.78 is 10.7. The molecule has 1 rings (SSSR count). The first kappa shape index (κ1) is 7.95. The van der Waals surface area contributed by atoms with E-state index in [1.54, 1.807) is 6.07 Å². The predicted octanol–water partition coefficient (Wildman–Crippen LogP) is 1.35. The largest absolute Gasteiger partial charge is 0.366 e. The summed E-state index contributed by atoms with van der Waals surface area (Å²) in [5.41, 5.74) is 0. The van der Waals surface area contributed by atoms with Crippen LogP contribution in [-0.2, 0) is 4.57 Å². The molecular weight excluding hydrogens is 171 g/mol. The normalized spacial score (nSPS) is 11.9. The molecule has 2 N–H and O–H groups in total. The Morgan fingerprint density at radius 1 is 1.60 bits per heavy atom. The second-order valence-corrected chi connectivity index (χ2v) is 5.09. The van der Waals surface area contributed by atoms with Crippen molar-refractivity contribution in [2.75, 3.05) is 0 Å². The number of hydrogen-bond donors (Lipinski definition) is 2. The molecule has 3 nitrogen and oxygen atoms in total. The lowest BCUT2D eigenvalue weighted by Gasteiger charge is -1.96. The summed E-state index contributed by atoms with van der Waals surface area (Å²) in [6.07, 6.45) is 0. The molecule has 0 saturated heterocycles. The Morgan fingerprint density at radius 2 is 2.20 bits per heavy atom. The number of hydrogen-bond acceptors (Lipinski definition) is 2. The molecule has 0 aliphatic heterocycles. The van der Waals surface area contributed by atoms with E-state index in [-0.39, 0.29) is 7.47 Å². The minimum Gasteiger partial charge on any atom is -0.320 e. The smallest absolute Gasteiger partial charge is 0.320 e. The average molecular weight is 182 g/mol. The fourth-order valence-electron chi connectivity index (χ4n) is 0.578. The second kappa shape index (κ2) is 2.47. The minimum absolute atomic E-state index is 0. The van der Waals surface area contributed by atoms with Gasteiger partial charge in [-0.25, -0.2) is 0 Å². The van der Waals surface area contributed by atoms with Crippen LogP contribution in [-0.4, -0.2) is 9.79 Å². The van der Waals surface area contributed by atoms with E-state index in [2.05, 4.69) is 0 Å². The van der Waals surface area contributed by atoms with Crippen molar-refractivity contribution in [2.24, 2.45) is 0 Å². The van der Waals surface area contributed by atoms with Crippen molar-refractivity contribution in [3.05, 3.63) is 17.0 Å². The molecular formula is C5H11O3PS. The van der Waals surface area contributed by atoms with Gasteiger partial charge < -0.3 is 9.79 Å². The molecule has 0 atom stereocenters. The van der Waals surface area contributed by atoms with Crippen LogP contribution in [0, 0.1) is 6.92 Å². The summed E-state index contributed by atoms with van der Waals surface area (Å²) in [4.78, 5) is 18.2. The molecule has 0 aromatic carbocycles. The van der Waals surface area contributed by atoms with E-state index >= 15 is 0 Å². The van der Waals surface area contributed by atoms with Crippen LogP contribution in [0.25, 0.3) is 0 Å². The van der Waals surface area contributed by atoms with E-state index in [0.717, 1.165) is 16.2 Å². The maximum atomic E-state index is 10.6. The van der Waals surface area contributed by atoms with Gasteiger partial charge in [0.05, 0.1) is 0 Å². The molecule has 0 amide bonds. The maximum absolute atomic E-state index is 10.6. The average Bonchev–Trinajstić information content (AvgIpc) is 2.11. The van der Waals surface area contributed by atoms with Gasteiger partial charge in [-0.05, 0) is 19.1 Å². The minimum atomic E-state index is -3.98. The quantitative estimate of drug-likeness (QED) is 0.644. The van der Waals surface area contributed by atoms with Crippen LogP contribution in [0.1, 0.15) is 7.73 Å². The fraction of sp³-hybridized carbons (Fsp3) is 0.200. The Labute approximate surface area is 65.5 Å². The van der Waals surface area contributed by atoms with Crippen molar-refractivity contribution in [1.82, 2.24) is 0 Å². The van der Waals surface area contributed by atoms with E-state index in [0.29, 0.717) is 0 Å². The van der Waals surface area contributed by atoms with Gasteiger partial charge in [-0.1, -0.05) is 0 Å². The topological polar surface area (TPSA) is 57.5 Å². The third-order valence-electron chi connectivity index (χ3n) is 1.01. The molecule has 0 radical (unpaired) electrons. The van der Waals surface area contributed by atoms with Crippen molar-refractivity contribution in [2.45, 2.75) is 6.92 Å². The first-order valence-corrected chi connectivity index (χ1v) is 5.05. The summed E-state index contributed by atoms with van der Waals surface area (Å²) in [5, 5.41) is 0. The standard InChI is InChI=1S/C5H7O3PS.2H2/c1-4-2-3-5(10-4)9(6,7)8;;/h2-3H,1H3,(H2,6,7,8);2*1H. The summed E-state index contributed by atoms with van der Waals surface area (Å²) in [5.74, 6) is 0. The molecule has 0 fully saturated rings. The van der Waals surface area contributed by atoms with E-state index in [1.807, 2.05) is 6.92 Å². The zero-order chi connectivity index (χ0) is 7.78. The third-order valence-corrected chi connectivity index (χ3v) is 3.53. The molecule has 1 heterocycles. The molecule has 0 aliphatic rings. The van der Waals surface area contributed by atoms with Crippen LogP contribution in [0.15, 0.2) is 12.1 Å². The molecule has 0 aliphatic carbocycles. The monoisotopic (exact) mass is 182 g/mol. The van der Waals surface area contributed by atoms with Crippen LogP contribution in [0.3, 0.4) is 0 Å². The molecule has 60 valence electrons. The van der Waals surface area contributed by atoms with Crippen molar-refractivity contribution in [3.63, 3.8) is 0 Å². The summed E-state index contributed by atoms with van der Waals surface area (Å²) >= 11 is 1.13. The highest BCUT2D eigenvalue weighted by atomic mass is 32.1. The Hall–Kier alpha value is -0.150. The van der Waals surface area contributed by atoms with Gasteiger partial charge in [0.25, 0.3) is 0 Å². The van der Waals surface area contributed by atoms with Gasteiger partial charge in [0.1, 0.15) is 4.62 Å². The number of aryl methyl sites for hydroxylation is 1. The third kappa shape index (κ3) is 1.67. The maximum Gasteiger partial charge on any atom is 0.366 e. The van der Waals surface area contributed by atoms with Crippen molar-refractivity contribution >= 4 is 23.6 Å². The lowest BCUT2D eigenvalue weighted by Crippen LogP contribution is -1.94. The SMILES string of the molecule is Cc1ccc(P(=O)(O)O)s1.[HH].[HH]. The van der Waals surface area contributed by atoms with Gasteiger partial charge in [0.15, 0.2) is 0 Å². The summed E-state index contributed by atoms with van der Waals surface area (Å²) in [6, 6.07) is 3.15. The Kier molecular flexibility index (Phi) is 1.97. The highest BCUT2D eigenvalue weighted by Gasteiger charge is 2.18. The molecule has 1 aromatic rings. The molecule has 5 heteroatoms. The lowest BCUT2D eigenvalue weighted by atomic mass is 10.5. The number of rotatable bonds is 1. The molecule has 10 heavy (non-hydrogen) atoms. The number of thiophene rings is 1. The van der Waals surface area contributed by atoms with Crippen LogP contribution in [0.4, 0.5) is 0 Å². The van der Waals surface area contributed by atoms with Crippen LogP contribution in [0.5, 0.6) is 0 Å². The first-order valence-electron chi connectivity index (χ1n) is 2.63.